The van der Waals surface area contributed by atoms with Crippen molar-refractivity contribution in [1.82, 2.24) is 19.9 Å². The summed E-state index contributed by atoms with van der Waals surface area (Å²) in [6.07, 6.45) is -1.18. The highest BCUT2D eigenvalue weighted by Gasteiger charge is 2.38. The molecule has 0 radical (unpaired) electrons. The summed E-state index contributed by atoms with van der Waals surface area (Å²) in [5.74, 6) is -0.779. The number of piperidine rings is 1. The van der Waals surface area contributed by atoms with Gasteiger partial charge in [0.15, 0.2) is 17.7 Å². The number of alkyl halides is 3. The number of aromatic nitrogens is 3. The number of anilines is 2. The molecule has 3 heterocycles. The van der Waals surface area contributed by atoms with Crippen molar-refractivity contribution >= 4 is 17.7 Å². The lowest BCUT2D eigenvalue weighted by molar-refractivity contribution is -0.198. The fourth-order valence-electron chi connectivity index (χ4n) is 3.85. The fraction of sp³-hybridized carbons (Fsp3) is 0.448. The summed E-state index contributed by atoms with van der Waals surface area (Å²) in [6.45, 7) is 6.49. The molecule has 43 heavy (non-hydrogen) atoms. The number of pyridine rings is 1. The van der Waals surface area contributed by atoms with Gasteiger partial charge in [-0.1, -0.05) is 6.07 Å². The Labute approximate surface area is 247 Å². The molecule has 1 aliphatic rings. The van der Waals surface area contributed by atoms with E-state index in [2.05, 4.69) is 25.6 Å². The number of hydrogen-bond acceptors (Lipinski definition) is 9. The second-order valence-electron chi connectivity index (χ2n) is 10.6. The van der Waals surface area contributed by atoms with Gasteiger partial charge in [0.05, 0.1) is 16.9 Å². The largest absolute Gasteiger partial charge is 0.444 e. The van der Waals surface area contributed by atoms with Gasteiger partial charge in [0.25, 0.3) is 0 Å². The van der Waals surface area contributed by atoms with Gasteiger partial charge < -0.3 is 30.1 Å². The topological polar surface area (TPSA) is 122 Å². The third kappa shape index (κ3) is 10.2. The zero-order valence-electron chi connectivity index (χ0n) is 24.4. The summed E-state index contributed by atoms with van der Waals surface area (Å²) in [5.41, 5.74) is 0.309. The molecular formula is C29H36F4N6O4. The van der Waals surface area contributed by atoms with Crippen molar-refractivity contribution in [1.29, 1.82) is 0 Å². The minimum atomic E-state index is -4.82. The van der Waals surface area contributed by atoms with Crippen molar-refractivity contribution in [2.75, 3.05) is 37.3 Å². The van der Waals surface area contributed by atoms with Crippen molar-refractivity contribution in [3.63, 3.8) is 0 Å². The van der Waals surface area contributed by atoms with Gasteiger partial charge >= 0.3 is 12.3 Å². The zero-order chi connectivity index (χ0) is 31.6. The molecule has 1 fully saturated rings. The number of carbonyl (C=O) groups is 1. The van der Waals surface area contributed by atoms with Crippen LogP contribution in [0, 0.1) is 5.82 Å². The lowest BCUT2D eigenvalue weighted by Crippen LogP contribution is -2.39. The standard InChI is InChI=1S/C19H17F4N5O2.C10H19NO2/c1-24-18-26-9-7-12(28-18)11-4-3-8-25-17(11)30-14-6-2-5-13(16(14)20)27-10-15(29)19(21,22)23;1-10(2,3)13-9(12)11-7-5-4-6-8-11/h2-9,15,27,29H,10H2,1H3,(H,24,26,28);4-8H2,1-3H3. The van der Waals surface area contributed by atoms with Gasteiger partial charge in [-0.25, -0.2) is 24.1 Å². The monoisotopic (exact) mass is 608 g/mol. The quantitative estimate of drug-likeness (QED) is 0.267. The van der Waals surface area contributed by atoms with Gasteiger partial charge in [-0.15, -0.1) is 0 Å². The summed E-state index contributed by atoms with van der Waals surface area (Å²) < 4.78 is 62.9. The third-order valence-corrected chi connectivity index (χ3v) is 5.97. The summed E-state index contributed by atoms with van der Waals surface area (Å²) in [7, 11) is 1.66. The van der Waals surface area contributed by atoms with Crippen molar-refractivity contribution in [2.45, 2.75) is 57.9 Å². The highest BCUT2D eigenvalue weighted by molar-refractivity contribution is 5.68. The molecule has 0 spiro atoms. The molecule has 1 amide bonds. The Morgan fingerprint density at radius 1 is 1.05 bits per heavy atom. The Kier molecular flexibility index (Phi) is 11.5. The Morgan fingerprint density at radius 2 is 1.77 bits per heavy atom. The lowest BCUT2D eigenvalue weighted by Gasteiger charge is -2.29. The molecule has 2 aromatic heterocycles. The second kappa shape index (κ2) is 14.8. The number of likely N-dealkylation sites (tertiary alicyclic amines) is 1. The maximum Gasteiger partial charge on any atom is 0.416 e. The first-order chi connectivity index (χ1) is 20.3. The highest BCUT2D eigenvalue weighted by Crippen LogP contribution is 2.34. The SMILES string of the molecule is CC(C)(C)OC(=O)N1CCCCC1.CNc1nccc(-c2cccnc2Oc2cccc(NCC(O)C(F)(F)F)c2F)n1. The van der Waals surface area contributed by atoms with Gasteiger partial charge in [0.2, 0.25) is 11.8 Å². The molecular weight excluding hydrogens is 572 g/mol. The molecule has 1 saturated heterocycles. The van der Waals surface area contributed by atoms with Crippen LogP contribution in [0.15, 0.2) is 48.8 Å². The molecule has 0 bridgehead atoms. The molecule has 234 valence electrons. The van der Waals surface area contributed by atoms with E-state index in [-0.39, 0.29) is 29.0 Å². The number of aliphatic hydroxyl groups excluding tert-OH is 1. The van der Waals surface area contributed by atoms with Crippen LogP contribution >= 0.6 is 0 Å². The number of benzene rings is 1. The minimum Gasteiger partial charge on any atom is -0.444 e. The first-order valence-electron chi connectivity index (χ1n) is 13.7. The van der Waals surface area contributed by atoms with E-state index < -0.39 is 24.6 Å². The molecule has 3 N–H and O–H groups in total. The van der Waals surface area contributed by atoms with Crippen LogP contribution in [0.1, 0.15) is 40.0 Å². The number of nitrogens with zero attached hydrogens (tertiary/aromatic N) is 4. The van der Waals surface area contributed by atoms with Crippen LogP contribution in [0.3, 0.4) is 0 Å². The van der Waals surface area contributed by atoms with Crippen molar-refractivity contribution < 1.29 is 36.9 Å². The second-order valence-corrected chi connectivity index (χ2v) is 10.6. The molecule has 1 aliphatic heterocycles. The van der Waals surface area contributed by atoms with Crippen LogP contribution in [-0.2, 0) is 4.74 Å². The molecule has 4 rings (SSSR count). The molecule has 1 aromatic carbocycles. The van der Waals surface area contributed by atoms with Crippen molar-refractivity contribution in [2.24, 2.45) is 0 Å². The van der Waals surface area contributed by atoms with E-state index in [9.17, 15) is 22.4 Å². The molecule has 0 saturated carbocycles. The first kappa shape index (κ1) is 33.3. The van der Waals surface area contributed by atoms with E-state index in [4.69, 9.17) is 14.6 Å². The van der Waals surface area contributed by atoms with E-state index in [0.29, 0.717) is 17.2 Å². The lowest BCUT2D eigenvalue weighted by atomic mass is 10.1. The minimum absolute atomic E-state index is 0.0460. The van der Waals surface area contributed by atoms with Crippen LogP contribution < -0.4 is 15.4 Å². The molecule has 10 nitrogen and oxygen atoms in total. The summed E-state index contributed by atoms with van der Waals surface area (Å²) in [4.78, 5) is 25.7. The van der Waals surface area contributed by atoms with Crippen LogP contribution in [0.2, 0.25) is 0 Å². The average molecular weight is 609 g/mol. The highest BCUT2D eigenvalue weighted by atomic mass is 19.4. The number of ether oxygens (including phenoxy) is 2. The van der Waals surface area contributed by atoms with Gasteiger partial charge in [-0.2, -0.15) is 13.2 Å². The summed E-state index contributed by atoms with van der Waals surface area (Å²) in [6, 6.07) is 8.87. The Hall–Kier alpha value is -4.20. The summed E-state index contributed by atoms with van der Waals surface area (Å²) >= 11 is 0. The zero-order valence-corrected chi connectivity index (χ0v) is 24.4. The van der Waals surface area contributed by atoms with Crippen molar-refractivity contribution in [3.8, 4) is 22.9 Å². The van der Waals surface area contributed by atoms with Crippen LogP contribution in [0.4, 0.5) is 34.0 Å². The number of carbonyl (C=O) groups excluding carboxylic acids is 1. The molecule has 3 aromatic rings. The number of amides is 1. The van der Waals surface area contributed by atoms with Gasteiger partial charge in [0.1, 0.15) is 5.60 Å². The molecule has 1 unspecified atom stereocenters. The average Bonchev–Trinajstić information content (AvgIpc) is 2.97. The van der Waals surface area contributed by atoms with E-state index in [1.54, 1.807) is 30.1 Å². The van der Waals surface area contributed by atoms with E-state index >= 15 is 0 Å². The summed E-state index contributed by atoms with van der Waals surface area (Å²) in [5, 5.41) is 14.1. The maximum absolute atomic E-state index is 14.7. The van der Waals surface area contributed by atoms with Crippen LogP contribution in [0.25, 0.3) is 11.3 Å². The number of halogens is 4. The molecule has 1 atom stereocenters. The van der Waals surface area contributed by atoms with Crippen LogP contribution in [0.5, 0.6) is 11.6 Å². The van der Waals surface area contributed by atoms with E-state index in [0.717, 1.165) is 25.9 Å². The number of nitrogens with one attached hydrogen (secondary N) is 2. The number of aliphatic hydroxyl groups is 1. The van der Waals surface area contributed by atoms with E-state index in [1.165, 1.54) is 37.0 Å². The Bertz CT molecular complexity index is 1350. The molecule has 0 aliphatic carbocycles. The van der Waals surface area contributed by atoms with Gasteiger partial charge in [0, 0.05) is 39.1 Å². The smallest absolute Gasteiger partial charge is 0.416 e. The van der Waals surface area contributed by atoms with Crippen molar-refractivity contribution in [3.05, 3.63) is 54.6 Å². The first-order valence-corrected chi connectivity index (χ1v) is 13.7. The maximum atomic E-state index is 14.7. The van der Waals surface area contributed by atoms with Gasteiger partial charge in [-0.05, 0) is 70.4 Å². The van der Waals surface area contributed by atoms with Crippen LogP contribution in [-0.4, -0.2) is 75.6 Å². The Balaban J connectivity index is 0.000000326. The normalized spacial score (nSPS) is 14.2. The third-order valence-electron chi connectivity index (χ3n) is 5.97. The predicted molar refractivity (Wildman–Crippen MR) is 153 cm³/mol. The van der Waals surface area contributed by atoms with Gasteiger partial charge in [-0.3, -0.25) is 0 Å². The molecule has 14 heteroatoms. The Morgan fingerprint density at radius 3 is 2.42 bits per heavy atom. The predicted octanol–water partition coefficient (Wildman–Crippen LogP) is 6.25. The van der Waals surface area contributed by atoms with E-state index in [1.807, 2.05) is 20.8 Å². The number of hydrogen-bond donors (Lipinski definition) is 3. The number of rotatable bonds is 7. The fourth-order valence-corrected chi connectivity index (χ4v) is 3.85.